The number of fused-ring (bicyclic) bond motifs is 3. The Balaban J connectivity index is 1.48. The van der Waals surface area contributed by atoms with Gasteiger partial charge in [0.15, 0.2) is 11.4 Å². The van der Waals surface area contributed by atoms with Crippen molar-refractivity contribution in [3.05, 3.63) is 59.4 Å². The van der Waals surface area contributed by atoms with Crippen LogP contribution >= 0.6 is 11.9 Å². The van der Waals surface area contributed by atoms with Crippen LogP contribution in [0.2, 0.25) is 0 Å². The normalized spacial score (nSPS) is 12.8. The van der Waals surface area contributed by atoms with Crippen LogP contribution in [0, 0.1) is 6.92 Å². The zero-order valence-corrected chi connectivity index (χ0v) is 17.0. The van der Waals surface area contributed by atoms with Gasteiger partial charge in [-0.2, -0.15) is 5.10 Å². The van der Waals surface area contributed by atoms with Crippen molar-refractivity contribution in [2.75, 3.05) is 18.4 Å². The number of nitrogens with zero attached hydrogens (tertiary/aromatic N) is 3. The molecule has 0 fully saturated rings. The molecule has 8 heteroatoms. The van der Waals surface area contributed by atoms with E-state index >= 15 is 0 Å². The highest BCUT2D eigenvalue weighted by Crippen LogP contribution is 2.42. The molecule has 1 N–H and O–H groups in total. The van der Waals surface area contributed by atoms with E-state index in [1.165, 1.54) is 17.5 Å². The molecule has 0 atom stereocenters. The first kappa shape index (κ1) is 17.9. The second kappa shape index (κ2) is 7.36. The Labute approximate surface area is 172 Å². The summed E-state index contributed by atoms with van der Waals surface area (Å²) in [5.41, 5.74) is 4.18. The van der Waals surface area contributed by atoms with E-state index in [1.54, 1.807) is 13.3 Å². The Morgan fingerprint density at radius 1 is 1.31 bits per heavy atom. The van der Waals surface area contributed by atoms with Crippen LogP contribution < -0.4 is 14.2 Å². The minimum Gasteiger partial charge on any atom is -0.496 e. The number of ether oxygens (including phenoxy) is 2. The molecule has 5 rings (SSSR count). The first-order valence-electron chi connectivity index (χ1n) is 9.35. The lowest BCUT2D eigenvalue weighted by atomic mass is 10.0. The fraction of sp³-hybridized carbons (Fsp3) is 0.238. The zero-order chi connectivity index (χ0) is 19.8. The average molecular weight is 408 g/mol. The third-order valence-corrected chi connectivity index (χ3v) is 5.83. The smallest absolute Gasteiger partial charge is 0.191 e. The standard InChI is InChI=1S/C21H20N4O3S/c1-13-4-5-18(16(10-13)26-2)29-24-21-19-17(28-23-21)11-14(12-25-8-3-7-22-25)15-6-9-27-20(15)19/h3-5,7-8,10-11H,6,9,12H2,1-2H3,(H,23,24). The van der Waals surface area contributed by atoms with Gasteiger partial charge in [-0.3, -0.25) is 4.68 Å². The Morgan fingerprint density at radius 2 is 2.24 bits per heavy atom. The van der Waals surface area contributed by atoms with Crippen LogP contribution in [-0.4, -0.2) is 28.7 Å². The highest BCUT2D eigenvalue weighted by atomic mass is 32.2. The summed E-state index contributed by atoms with van der Waals surface area (Å²) < 4.78 is 22.3. The maximum absolute atomic E-state index is 5.98. The first-order valence-corrected chi connectivity index (χ1v) is 10.2. The van der Waals surface area contributed by atoms with E-state index in [-0.39, 0.29) is 0 Å². The third kappa shape index (κ3) is 3.29. The lowest BCUT2D eigenvalue weighted by Crippen LogP contribution is -2.02. The van der Waals surface area contributed by atoms with Gasteiger partial charge in [0.05, 0.1) is 25.2 Å². The molecule has 0 saturated heterocycles. The SMILES string of the molecule is COc1cc(C)ccc1SNc1noc2cc(Cn3cccn3)c3c(c12)OCC3. The molecule has 0 aliphatic carbocycles. The summed E-state index contributed by atoms with van der Waals surface area (Å²) in [6.45, 7) is 3.37. The van der Waals surface area contributed by atoms with Crippen LogP contribution in [-0.2, 0) is 13.0 Å². The second-order valence-electron chi connectivity index (χ2n) is 6.91. The summed E-state index contributed by atoms with van der Waals surface area (Å²) in [4.78, 5) is 0.974. The monoisotopic (exact) mass is 408 g/mol. The van der Waals surface area contributed by atoms with E-state index in [2.05, 4.69) is 21.0 Å². The quantitative estimate of drug-likeness (QED) is 0.473. The average Bonchev–Trinajstić information content (AvgIpc) is 3.47. The van der Waals surface area contributed by atoms with E-state index in [1.807, 2.05) is 42.1 Å². The molecule has 148 valence electrons. The van der Waals surface area contributed by atoms with Crippen molar-refractivity contribution in [2.45, 2.75) is 24.8 Å². The summed E-state index contributed by atoms with van der Waals surface area (Å²) in [6, 6.07) is 10.0. The molecule has 0 spiro atoms. The largest absolute Gasteiger partial charge is 0.496 e. The van der Waals surface area contributed by atoms with Gasteiger partial charge in [-0.05, 0) is 54.3 Å². The van der Waals surface area contributed by atoms with Crippen molar-refractivity contribution in [1.29, 1.82) is 0 Å². The number of hydrogen-bond acceptors (Lipinski definition) is 7. The van der Waals surface area contributed by atoms with Gasteiger partial charge in [0, 0.05) is 24.4 Å². The minimum absolute atomic E-state index is 0.649. The van der Waals surface area contributed by atoms with Crippen molar-refractivity contribution in [1.82, 2.24) is 14.9 Å². The van der Waals surface area contributed by atoms with Gasteiger partial charge in [0.2, 0.25) is 0 Å². The third-order valence-electron chi connectivity index (χ3n) is 4.98. The Morgan fingerprint density at radius 3 is 3.07 bits per heavy atom. The van der Waals surface area contributed by atoms with Crippen molar-refractivity contribution in [3.63, 3.8) is 0 Å². The summed E-state index contributed by atoms with van der Waals surface area (Å²) >= 11 is 1.44. The van der Waals surface area contributed by atoms with Gasteiger partial charge >= 0.3 is 0 Å². The number of hydrogen-bond donors (Lipinski definition) is 1. The molecule has 0 unspecified atom stereocenters. The van der Waals surface area contributed by atoms with Gasteiger partial charge in [-0.25, -0.2) is 0 Å². The van der Waals surface area contributed by atoms with Crippen LogP contribution in [0.25, 0.3) is 11.0 Å². The number of methoxy groups -OCH3 is 1. The maximum atomic E-state index is 5.98. The minimum atomic E-state index is 0.649. The van der Waals surface area contributed by atoms with Gasteiger partial charge in [-0.15, -0.1) is 0 Å². The van der Waals surface area contributed by atoms with E-state index < -0.39 is 0 Å². The number of benzene rings is 2. The molecule has 0 radical (unpaired) electrons. The van der Waals surface area contributed by atoms with E-state index in [0.29, 0.717) is 24.6 Å². The van der Waals surface area contributed by atoms with Crippen LogP contribution in [0.5, 0.6) is 11.5 Å². The van der Waals surface area contributed by atoms with E-state index in [0.717, 1.165) is 39.3 Å². The Hall–Kier alpha value is -3.13. The van der Waals surface area contributed by atoms with Crippen molar-refractivity contribution in [2.24, 2.45) is 0 Å². The fourth-order valence-corrected chi connectivity index (χ4v) is 4.32. The van der Waals surface area contributed by atoms with E-state index in [9.17, 15) is 0 Å². The molecule has 3 heterocycles. The molecule has 0 bridgehead atoms. The number of nitrogens with one attached hydrogen (secondary N) is 1. The predicted molar refractivity (Wildman–Crippen MR) is 112 cm³/mol. The summed E-state index contributed by atoms with van der Waals surface area (Å²) in [6.07, 6.45) is 4.60. The fourth-order valence-electron chi connectivity index (χ4n) is 3.59. The molecule has 1 aliphatic heterocycles. The number of anilines is 1. The number of aromatic nitrogens is 3. The summed E-state index contributed by atoms with van der Waals surface area (Å²) in [5, 5.41) is 9.43. The van der Waals surface area contributed by atoms with Gasteiger partial charge in [-0.1, -0.05) is 11.2 Å². The molecule has 29 heavy (non-hydrogen) atoms. The van der Waals surface area contributed by atoms with Crippen LogP contribution in [0.1, 0.15) is 16.7 Å². The topological polar surface area (TPSA) is 74.3 Å². The lowest BCUT2D eigenvalue weighted by molar-refractivity contribution is 0.360. The lowest BCUT2D eigenvalue weighted by Gasteiger charge is -2.10. The van der Waals surface area contributed by atoms with Crippen molar-refractivity contribution in [3.8, 4) is 11.5 Å². The molecular weight excluding hydrogens is 388 g/mol. The maximum Gasteiger partial charge on any atom is 0.191 e. The molecule has 1 aliphatic rings. The molecular formula is C21H20N4O3S. The number of rotatable bonds is 6. The van der Waals surface area contributed by atoms with Gasteiger partial charge < -0.3 is 18.7 Å². The molecule has 0 amide bonds. The van der Waals surface area contributed by atoms with Crippen LogP contribution in [0.4, 0.5) is 5.82 Å². The summed E-state index contributed by atoms with van der Waals surface area (Å²) in [5.74, 6) is 2.32. The van der Waals surface area contributed by atoms with Crippen molar-refractivity contribution < 1.29 is 14.0 Å². The molecule has 7 nitrogen and oxygen atoms in total. The molecule has 4 aromatic rings. The van der Waals surface area contributed by atoms with Crippen LogP contribution in [0.15, 0.2) is 52.1 Å². The molecule has 2 aromatic carbocycles. The van der Waals surface area contributed by atoms with Gasteiger partial charge in [0.1, 0.15) is 16.9 Å². The Bertz CT molecular complexity index is 1170. The molecule has 2 aromatic heterocycles. The van der Waals surface area contributed by atoms with E-state index in [4.69, 9.17) is 14.0 Å². The first-order chi connectivity index (χ1) is 14.2. The Kier molecular flexibility index (Phi) is 4.55. The number of aryl methyl sites for hydroxylation is 1. The highest BCUT2D eigenvalue weighted by molar-refractivity contribution is 8.00. The van der Waals surface area contributed by atoms with Crippen molar-refractivity contribution >= 4 is 28.7 Å². The highest BCUT2D eigenvalue weighted by Gasteiger charge is 2.25. The van der Waals surface area contributed by atoms with Gasteiger partial charge in [0.25, 0.3) is 0 Å². The molecule has 0 saturated carbocycles. The van der Waals surface area contributed by atoms with Crippen LogP contribution in [0.3, 0.4) is 0 Å². The zero-order valence-electron chi connectivity index (χ0n) is 16.1. The second-order valence-corrected chi connectivity index (χ2v) is 7.76. The predicted octanol–water partition coefficient (Wildman–Crippen LogP) is 4.44. The summed E-state index contributed by atoms with van der Waals surface area (Å²) in [7, 11) is 1.67.